The summed E-state index contributed by atoms with van der Waals surface area (Å²) in [5, 5.41) is 30.7. The van der Waals surface area contributed by atoms with Gasteiger partial charge >= 0.3 is 0 Å². The molecule has 0 amide bonds. The Morgan fingerprint density at radius 2 is 1.94 bits per heavy atom. The summed E-state index contributed by atoms with van der Waals surface area (Å²) in [5.41, 5.74) is 3.00. The Hall–Kier alpha value is -0.940. The molecular formula is C29H48O4. The van der Waals surface area contributed by atoms with E-state index in [0.29, 0.717) is 24.7 Å². The lowest BCUT2D eigenvalue weighted by atomic mass is 9.62. The maximum absolute atomic E-state index is 10.5. The molecule has 3 aliphatic rings. The normalized spacial score (nSPS) is 36.4. The highest BCUT2D eigenvalue weighted by molar-refractivity contribution is 5.38. The van der Waals surface area contributed by atoms with Gasteiger partial charge in [0.2, 0.25) is 0 Å². The molecule has 4 heteroatoms. The Labute approximate surface area is 201 Å². The fourth-order valence-electron chi connectivity index (χ4n) is 6.91. The van der Waals surface area contributed by atoms with E-state index in [1.165, 1.54) is 31.3 Å². The van der Waals surface area contributed by atoms with Gasteiger partial charge in [-0.3, -0.25) is 0 Å². The Morgan fingerprint density at radius 3 is 2.64 bits per heavy atom. The molecule has 4 nitrogen and oxygen atoms in total. The predicted octanol–water partition coefficient (Wildman–Crippen LogP) is 5.86. The SMILES string of the molecule is C=C1/C(=C/C=C2/CCC[C@]3(C)C([C@@H](C)OCCCC(O)(CC)CC)CC[C@@H]23)C[C@@H](O)C[C@@H]1O. The summed E-state index contributed by atoms with van der Waals surface area (Å²) in [7, 11) is 0. The molecule has 0 aromatic carbocycles. The third-order valence-corrected chi connectivity index (χ3v) is 9.35. The molecule has 0 aromatic rings. The molecule has 3 N–H and O–H groups in total. The van der Waals surface area contributed by atoms with Crippen LogP contribution in [0.5, 0.6) is 0 Å². The van der Waals surface area contributed by atoms with Gasteiger partial charge in [0.25, 0.3) is 0 Å². The van der Waals surface area contributed by atoms with Crippen LogP contribution in [0.25, 0.3) is 0 Å². The van der Waals surface area contributed by atoms with Crippen molar-refractivity contribution in [2.45, 2.75) is 122 Å². The van der Waals surface area contributed by atoms with Crippen molar-refractivity contribution < 1.29 is 20.1 Å². The molecule has 0 spiro atoms. The maximum atomic E-state index is 10.5. The molecule has 0 aromatic heterocycles. The fraction of sp³-hybridized carbons (Fsp3) is 0.793. The number of aliphatic hydroxyl groups is 3. The molecule has 0 bridgehead atoms. The third-order valence-electron chi connectivity index (χ3n) is 9.35. The summed E-state index contributed by atoms with van der Waals surface area (Å²) < 4.78 is 6.34. The molecule has 0 radical (unpaired) electrons. The second-order valence-corrected chi connectivity index (χ2v) is 11.3. The topological polar surface area (TPSA) is 69.9 Å². The lowest BCUT2D eigenvalue weighted by molar-refractivity contribution is -0.0365. The molecule has 0 saturated heterocycles. The van der Waals surface area contributed by atoms with Gasteiger partial charge < -0.3 is 20.1 Å². The largest absolute Gasteiger partial charge is 0.393 e. The van der Waals surface area contributed by atoms with Crippen molar-refractivity contribution in [2.24, 2.45) is 17.3 Å². The van der Waals surface area contributed by atoms with Crippen LogP contribution in [0.3, 0.4) is 0 Å². The lowest BCUT2D eigenvalue weighted by Gasteiger charge is -2.44. The molecule has 188 valence electrons. The van der Waals surface area contributed by atoms with E-state index in [4.69, 9.17) is 4.74 Å². The van der Waals surface area contributed by atoms with Crippen molar-refractivity contribution in [1.29, 1.82) is 0 Å². The average Bonchev–Trinajstić information content (AvgIpc) is 3.15. The van der Waals surface area contributed by atoms with Gasteiger partial charge in [0.15, 0.2) is 0 Å². The van der Waals surface area contributed by atoms with E-state index in [1.54, 1.807) is 0 Å². The molecule has 33 heavy (non-hydrogen) atoms. The average molecular weight is 461 g/mol. The van der Waals surface area contributed by atoms with E-state index >= 15 is 0 Å². The van der Waals surface area contributed by atoms with Crippen LogP contribution >= 0.6 is 0 Å². The van der Waals surface area contributed by atoms with Crippen molar-refractivity contribution >= 4 is 0 Å². The number of aliphatic hydroxyl groups excluding tert-OH is 2. The summed E-state index contributed by atoms with van der Waals surface area (Å²) in [4.78, 5) is 0. The zero-order chi connectivity index (χ0) is 24.2. The van der Waals surface area contributed by atoms with Crippen LogP contribution in [0.2, 0.25) is 0 Å². The number of ether oxygens (including phenoxy) is 1. The Balaban J connectivity index is 1.62. The highest BCUT2D eigenvalue weighted by atomic mass is 16.5. The van der Waals surface area contributed by atoms with E-state index < -0.39 is 17.8 Å². The smallest absolute Gasteiger partial charge is 0.0811 e. The van der Waals surface area contributed by atoms with Gasteiger partial charge in [-0.25, -0.2) is 0 Å². The van der Waals surface area contributed by atoms with Gasteiger partial charge in [0.05, 0.1) is 23.9 Å². The minimum atomic E-state index is -0.630. The standard InChI is InChI=1S/C29H48O4/c1-6-29(32,7-2)16-9-17-33-21(4)25-13-14-26-22(10-8-15-28(25,26)5)11-12-23-18-24(30)19-27(31)20(23)3/h11-12,21,24-27,30-32H,3,6-10,13-19H2,1-2,4-5H3/b22-11-,23-12+/t21-,24-,25?,26+,27+,28-/m1/s1. The number of fused-ring (bicyclic) bond motifs is 1. The first-order valence-electron chi connectivity index (χ1n) is 13.4. The molecule has 3 fully saturated rings. The number of allylic oxidation sites excluding steroid dienone is 3. The molecule has 3 saturated carbocycles. The van der Waals surface area contributed by atoms with E-state index in [2.05, 4.69) is 46.4 Å². The van der Waals surface area contributed by atoms with Crippen molar-refractivity contribution in [1.82, 2.24) is 0 Å². The van der Waals surface area contributed by atoms with Gasteiger partial charge in [0.1, 0.15) is 0 Å². The molecule has 6 atom stereocenters. The number of hydrogen-bond donors (Lipinski definition) is 3. The summed E-state index contributed by atoms with van der Waals surface area (Å²) >= 11 is 0. The molecular weight excluding hydrogens is 412 g/mol. The summed E-state index contributed by atoms with van der Waals surface area (Å²) in [6.07, 6.45) is 13.8. The molecule has 3 rings (SSSR count). The Morgan fingerprint density at radius 1 is 1.21 bits per heavy atom. The second kappa shape index (κ2) is 11.2. The Kier molecular flexibility index (Phi) is 9.05. The fourth-order valence-corrected chi connectivity index (χ4v) is 6.91. The van der Waals surface area contributed by atoms with Gasteiger partial charge in [-0.1, -0.05) is 45.1 Å². The van der Waals surface area contributed by atoms with Crippen molar-refractivity contribution in [3.63, 3.8) is 0 Å². The first-order valence-corrected chi connectivity index (χ1v) is 13.4. The van der Waals surface area contributed by atoms with Crippen LogP contribution in [0, 0.1) is 17.3 Å². The third kappa shape index (κ3) is 6.01. The van der Waals surface area contributed by atoms with E-state index in [1.807, 2.05) is 0 Å². The maximum Gasteiger partial charge on any atom is 0.0811 e. The van der Waals surface area contributed by atoms with Crippen LogP contribution in [0.15, 0.2) is 35.5 Å². The van der Waals surface area contributed by atoms with Gasteiger partial charge in [0, 0.05) is 13.0 Å². The van der Waals surface area contributed by atoms with Gasteiger partial charge in [-0.15, -0.1) is 0 Å². The summed E-state index contributed by atoms with van der Waals surface area (Å²) in [5.74, 6) is 1.14. The quantitative estimate of drug-likeness (QED) is 0.377. The second-order valence-electron chi connectivity index (χ2n) is 11.3. The Bertz CT molecular complexity index is 734. The lowest BCUT2D eigenvalue weighted by Crippen LogP contribution is -2.39. The highest BCUT2D eigenvalue weighted by Crippen LogP contribution is 2.58. The van der Waals surface area contributed by atoms with Crippen molar-refractivity contribution in [2.75, 3.05) is 6.61 Å². The number of rotatable bonds is 9. The molecule has 0 aliphatic heterocycles. The van der Waals surface area contributed by atoms with E-state index in [9.17, 15) is 15.3 Å². The molecule has 3 aliphatic carbocycles. The van der Waals surface area contributed by atoms with Gasteiger partial charge in [-0.05, 0) is 99.5 Å². The van der Waals surface area contributed by atoms with Crippen LogP contribution in [0.4, 0.5) is 0 Å². The van der Waals surface area contributed by atoms with Crippen LogP contribution < -0.4 is 0 Å². The minimum Gasteiger partial charge on any atom is -0.393 e. The summed E-state index contributed by atoms with van der Waals surface area (Å²) in [6, 6.07) is 0. The minimum absolute atomic E-state index is 0.234. The zero-order valence-corrected chi connectivity index (χ0v) is 21.5. The monoisotopic (exact) mass is 460 g/mol. The van der Waals surface area contributed by atoms with Crippen LogP contribution in [0.1, 0.15) is 98.3 Å². The zero-order valence-electron chi connectivity index (χ0n) is 21.5. The first-order chi connectivity index (χ1) is 15.6. The highest BCUT2D eigenvalue weighted by Gasteiger charge is 2.51. The summed E-state index contributed by atoms with van der Waals surface area (Å²) in [6.45, 7) is 13.6. The van der Waals surface area contributed by atoms with E-state index in [0.717, 1.165) is 49.9 Å². The molecule has 0 heterocycles. The van der Waals surface area contributed by atoms with E-state index in [-0.39, 0.29) is 11.5 Å². The molecule has 1 unspecified atom stereocenters. The van der Waals surface area contributed by atoms with Crippen molar-refractivity contribution in [3.8, 4) is 0 Å². The van der Waals surface area contributed by atoms with Gasteiger partial charge in [-0.2, -0.15) is 0 Å². The van der Waals surface area contributed by atoms with Crippen molar-refractivity contribution in [3.05, 3.63) is 35.5 Å². The predicted molar refractivity (Wildman–Crippen MR) is 135 cm³/mol. The van der Waals surface area contributed by atoms with Crippen LogP contribution in [-0.2, 0) is 4.74 Å². The number of hydrogen-bond acceptors (Lipinski definition) is 4. The van der Waals surface area contributed by atoms with Crippen LogP contribution in [-0.4, -0.2) is 45.8 Å². The first kappa shape index (κ1) is 26.7.